The Kier molecular flexibility index (Phi) is 4.82. The Labute approximate surface area is 139 Å². The molecule has 0 amide bonds. The zero-order valence-electron chi connectivity index (χ0n) is 13.0. The van der Waals surface area contributed by atoms with E-state index in [0.29, 0.717) is 12.1 Å². The summed E-state index contributed by atoms with van der Waals surface area (Å²) < 4.78 is 0. The molecular formula is C18H16N4O2. The van der Waals surface area contributed by atoms with Crippen molar-refractivity contribution in [3.63, 3.8) is 0 Å². The number of ketones is 2. The molecule has 0 spiro atoms. The van der Waals surface area contributed by atoms with Gasteiger partial charge in [0.2, 0.25) is 0 Å². The number of hydrogen-bond acceptors (Lipinski definition) is 5. The SMILES string of the molecule is O=C(CCC(=O)C1C#CN/C=C\C=N/1)c1n[nH]c2c1C=CC=CC2. The van der Waals surface area contributed by atoms with Crippen LogP contribution >= 0.6 is 0 Å². The first-order valence-corrected chi connectivity index (χ1v) is 7.66. The Hall–Kier alpha value is -3.20. The van der Waals surface area contributed by atoms with Crippen LogP contribution in [-0.4, -0.2) is 34.0 Å². The Morgan fingerprint density at radius 3 is 3.08 bits per heavy atom. The maximum atomic E-state index is 12.4. The summed E-state index contributed by atoms with van der Waals surface area (Å²) in [6.45, 7) is 0. The Morgan fingerprint density at radius 1 is 1.25 bits per heavy atom. The third-order valence-corrected chi connectivity index (χ3v) is 3.66. The van der Waals surface area contributed by atoms with Crippen LogP contribution in [0.5, 0.6) is 0 Å². The molecule has 1 aromatic heterocycles. The van der Waals surface area contributed by atoms with Gasteiger partial charge in [-0.05, 0) is 12.0 Å². The Morgan fingerprint density at radius 2 is 2.17 bits per heavy atom. The lowest BCUT2D eigenvalue weighted by Gasteiger charge is -2.05. The fraction of sp³-hybridized carbons (Fsp3) is 0.222. The monoisotopic (exact) mass is 320 g/mol. The normalized spacial score (nSPS) is 20.4. The molecule has 1 unspecified atom stereocenters. The fourth-order valence-electron chi connectivity index (χ4n) is 2.42. The van der Waals surface area contributed by atoms with Crippen LogP contribution in [0.1, 0.15) is 34.6 Å². The van der Waals surface area contributed by atoms with Gasteiger partial charge < -0.3 is 5.32 Å². The van der Waals surface area contributed by atoms with E-state index in [1.807, 2.05) is 24.3 Å². The fourth-order valence-corrected chi connectivity index (χ4v) is 2.42. The number of carbonyl (C=O) groups excluding carboxylic acids is 2. The van der Waals surface area contributed by atoms with Gasteiger partial charge in [0, 0.05) is 49.0 Å². The summed E-state index contributed by atoms with van der Waals surface area (Å²) in [5.41, 5.74) is 2.09. The number of aromatic nitrogens is 2. The summed E-state index contributed by atoms with van der Waals surface area (Å²) in [6, 6.07) is 1.90. The van der Waals surface area contributed by atoms with Gasteiger partial charge in [0.05, 0.1) is 0 Å². The van der Waals surface area contributed by atoms with Gasteiger partial charge in [0.1, 0.15) is 5.69 Å². The first kappa shape index (κ1) is 15.7. The van der Waals surface area contributed by atoms with Crippen molar-refractivity contribution in [2.75, 3.05) is 0 Å². The molecule has 0 fully saturated rings. The molecule has 0 aromatic carbocycles. The minimum atomic E-state index is -0.740. The molecule has 6 heteroatoms. The van der Waals surface area contributed by atoms with Crippen LogP contribution in [0.25, 0.3) is 6.08 Å². The number of aliphatic imine (C=N–C) groups is 1. The first-order valence-electron chi connectivity index (χ1n) is 7.66. The zero-order valence-corrected chi connectivity index (χ0v) is 13.0. The first-order chi connectivity index (χ1) is 11.8. The van der Waals surface area contributed by atoms with Gasteiger partial charge >= 0.3 is 0 Å². The summed E-state index contributed by atoms with van der Waals surface area (Å²) >= 11 is 0. The average Bonchev–Trinajstić information content (AvgIpc) is 2.81. The van der Waals surface area contributed by atoms with Crippen molar-refractivity contribution >= 4 is 23.9 Å². The van der Waals surface area contributed by atoms with E-state index in [2.05, 4.69) is 32.5 Å². The number of Topliss-reactive ketones (excluding diaryl/α,β-unsaturated/α-hetero) is 2. The number of nitrogens with one attached hydrogen (secondary N) is 2. The number of nitrogens with zero attached hydrogens (tertiary/aromatic N) is 2. The molecule has 0 bridgehead atoms. The van der Waals surface area contributed by atoms with E-state index in [-0.39, 0.29) is 24.4 Å². The maximum absolute atomic E-state index is 12.4. The highest BCUT2D eigenvalue weighted by atomic mass is 16.1. The van der Waals surface area contributed by atoms with E-state index < -0.39 is 6.04 Å². The molecule has 0 radical (unpaired) electrons. The third kappa shape index (κ3) is 3.58. The lowest BCUT2D eigenvalue weighted by atomic mass is 10.0. The summed E-state index contributed by atoms with van der Waals surface area (Å²) in [6.07, 6.45) is 13.4. The molecule has 1 aromatic rings. The highest BCUT2D eigenvalue weighted by Crippen LogP contribution is 2.19. The van der Waals surface area contributed by atoms with E-state index in [1.54, 1.807) is 12.3 Å². The van der Waals surface area contributed by atoms with Gasteiger partial charge in [-0.3, -0.25) is 19.7 Å². The van der Waals surface area contributed by atoms with Gasteiger partial charge in [-0.25, -0.2) is 0 Å². The lowest BCUT2D eigenvalue weighted by molar-refractivity contribution is -0.119. The van der Waals surface area contributed by atoms with Crippen molar-refractivity contribution in [2.45, 2.75) is 25.3 Å². The van der Waals surface area contributed by atoms with Crippen LogP contribution in [0.4, 0.5) is 0 Å². The number of hydrogen-bond donors (Lipinski definition) is 2. The average molecular weight is 320 g/mol. The van der Waals surface area contributed by atoms with Crippen LogP contribution in [-0.2, 0) is 11.2 Å². The largest absolute Gasteiger partial charge is 0.322 e. The van der Waals surface area contributed by atoms with Crippen molar-refractivity contribution in [1.82, 2.24) is 15.5 Å². The molecule has 2 N–H and O–H groups in total. The molecule has 0 saturated heterocycles. The molecule has 3 rings (SSSR count). The smallest absolute Gasteiger partial charge is 0.184 e. The summed E-state index contributed by atoms with van der Waals surface area (Å²) in [7, 11) is 0. The highest BCUT2D eigenvalue weighted by molar-refractivity contribution is 6.01. The van der Waals surface area contributed by atoms with Gasteiger partial charge in [-0.15, -0.1) is 0 Å². The van der Waals surface area contributed by atoms with Crippen LogP contribution in [0, 0.1) is 12.0 Å². The van der Waals surface area contributed by atoms with Gasteiger partial charge in [0.25, 0.3) is 0 Å². The summed E-state index contributed by atoms with van der Waals surface area (Å²) in [5.74, 6) is 2.39. The second kappa shape index (κ2) is 7.38. The van der Waals surface area contributed by atoms with E-state index in [4.69, 9.17) is 0 Å². The topological polar surface area (TPSA) is 87.2 Å². The second-order valence-corrected chi connectivity index (χ2v) is 5.32. The van der Waals surface area contributed by atoms with Gasteiger partial charge in [0.15, 0.2) is 17.6 Å². The van der Waals surface area contributed by atoms with Crippen LogP contribution < -0.4 is 5.32 Å². The Bertz CT molecular complexity index is 831. The predicted molar refractivity (Wildman–Crippen MR) is 91.4 cm³/mol. The molecule has 2 heterocycles. The van der Waals surface area contributed by atoms with E-state index in [0.717, 1.165) is 11.3 Å². The standard InChI is InChI=1S/C18H16N4O2/c23-16(15-9-12-19-10-4-11-20-15)7-8-17(24)18-13-5-2-1-3-6-14(13)21-22-18/h1-5,10-11,15,19H,6-8H2,(H,21,22)/b10-4-,20-11-. The predicted octanol–water partition coefficient (Wildman–Crippen LogP) is 1.58. The van der Waals surface area contributed by atoms with E-state index in [1.165, 1.54) is 6.21 Å². The van der Waals surface area contributed by atoms with Crippen molar-refractivity contribution < 1.29 is 9.59 Å². The van der Waals surface area contributed by atoms with Gasteiger partial charge in [-0.2, -0.15) is 5.10 Å². The molecular weight excluding hydrogens is 304 g/mol. The molecule has 2 aliphatic rings. The van der Waals surface area contributed by atoms with Crippen molar-refractivity contribution in [3.05, 3.63) is 47.5 Å². The highest BCUT2D eigenvalue weighted by Gasteiger charge is 2.21. The lowest BCUT2D eigenvalue weighted by Crippen LogP contribution is -2.19. The van der Waals surface area contributed by atoms with Crippen molar-refractivity contribution in [3.8, 4) is 12.0 Å². The maximum Gasteiger partial charge on any atom is 0.184 e. The third-order valence-electron chi connectivity index (χ3n) is 3.66. The van der Waals surface area contributed by atoms with Crippen LogP contribution in [0.3, 0.4) is 0 Å². The summed E-state index contributed by atoms with van der Waals surface area (Å²) in [4.78, 5) is 28.7. The summed E-state index contributed by atoms with van der Waals surface area (Å²) in [5, 5.41) is 9.72. The minimum Gasteiger partial charge on any atom is -0.322 e. The Balaban J connectivity index is 1.64. The minimum absolute atomic E-state index is 0.0861. The van der Waals surface area contributed by atoms with E-state index >= 15 is 0 Å². The molecule has 1 aliphatic heterocycles. The zero-order chi connectivity index (χ0) is 16.8. The quantitative estimate of drug-likeness (QED) is 0.637. The van der Waals surface area contributed by atoms with Crippen molar-refractivity contribution in [1.29, 1.82) is 0 Å². The number of aromatic amines is 1. The molecule has 0 saturated carbocycles. The number of fused-ring (bicyclic) bond motifs is 1. The molecule has 1 atom stereocenters. The molecule has 24 heavy (non-hydrogen) atoms. The van der Waals surface area contributed by atoms with Crippen LogP contribution in [0.15, 0.2) is 35.5 Å². The second-order valence-electron chi connectivity index (χ2n) is 5.32. The molecule has 1 aliphatic carbocycles. The van der Waals surface area contributed by atoms with Crippen LogP contribution in [0.2, 0.25) is 0 Å². The molecule has 120 valence electrons. The van der Waals surface area contributed by atoms with Crippen molar-refractivity contribution in [2.24, 2.45) is 4.99 Å². The molecule has 6 nitrogen and oxygen atoms in total. The number of H-pyrrole nitrogens is 1. The number of rotatable bonds is 5. The number of carbonyl (C=O) groups is 2. The van der Waals surface area contributed by atoms with E-state index in [9.17, 15) is 9.59 Å². The number of allylic oxidation sites excluding steroid dienone is 4. The van der Waals surface area contributed by atoms with Gasteiger partial charge in [-0.1, -0.05) is 24.3 Å².